The van der Waals surface area contributed by atoms with Crippen LogP contribution in [0.1, 0.15) is 47.8 Å². The molecule has 3 nitrogen and oxygen atoms in total. The second-order valence-electron chi connectivity index (χ2n) is 4.97. The molecule has 0 aromatic carbocycles. The highest BCUT2D eigenvalue weighted by Gasteiger charge is 2.23. The van der Waals surface area contributed by atoms with Crippen LogP contribution in [-0.4, -0.2) is 23.7 Å². The highest BCUT2D eigenvalue weighted by Crippen LogP contribution is 2.27. The number of hydrogen-bond donors (Lipinski definition) is 2. The third-order valence-electron chi connectivity index (χ3n) is 3.62. The fourth-order valence-electron chi connectivity index (χ4n) is 2.51. The lowest BCUT2D eigenvalue weighted by Crippen LogP contribution is -2.36. The van der Waals surface area contributed by atoms with Crippen molar-refractivity contribution >= 4 is 17.2 Å². The van der Waals surface area contributed by atoms with Gasteiger partial charge >= 0.3 is 0 Å². The molecule has 19 heavy (non-hydrogen) atoms. The molecule has 1 aliphatic carbocycles. The molecule has 4 heteroatoms. The predicted octanol–water partition coefficient (Wildman–Crippen LogP) is 2.40. The largest absolute Gasteiger partial charge is 0.384 e. The van der Waals surface area contributed by atoms with Gasteiger partial charge in [-0.05, 0) is 31.7 Å². The van der Waals surface area contributed by atoms with Crippen LogP contribution in [0.15, 0.2) is 11.4 Å². The molecule has 1 fully saturated rings. The Morgan fingerprint density at radius 2 is 2.32 bits per heavy atom. The van der Waals surface area contributed by atoms with Crippen LogP contribution >= 0.6 is 11.3 Å². The van der Waals surface area contributed by atoms with Gasteiger partial charge in [0.05, 0.1) is 10.4 Å². The molecule has 1 saturated carbocycles. The lowest BCUT2D eigenvalue weighted by Gasteiger charge is -2.19. The monoisotopic (exact) mass is 277 g/mol. The Bertz CT molecular complexity index is 492. The number of rotatable bonds is 3. The first-order valence-corrected chi connectivity index (χ1v) is 7.58. The number of thiophene rings is 1. The number of aliphatic hydroxyl groups excluding tert-OH is 1. The van der Waals surface area contributed by atoms with E-state index in [0.717, 1.165) is 4.88 Å². The number of carbonyl (C=O) groups is 1. The summed E-state index contributed by atoms with van der Waals surface area (Å²) in [4.78, 5) is 12.9. The molecule has 2 N–H and O–H groups in total. The topological polar surface area (TPSA) is 49.3 Å². The molecule has 102 valence electrons. The Balaban J connectivity index is 1.93. The van der Waals surface area contributed by atoms with Crippen LogP contribution in [0.25, 0.3) is 0 Å². The molecule has 1 unspecified atom stereocenters. The highest BCUT2D eigenvalue weighted by atomic mass is 32.1. The maximum Gasteiger partial charge on any atom is 0.252 e. The van der Waals surface area contributed by atoms with Gasteiger partial charge in [-0.15, -0.1) is 11.3 Å². The molecule has 2 rings (SSSR count). The van der Waals surface area contributed by atoms with Gasteiger partial charge in [-0.1, -0.05) is 24.7 Å². The van der Waals surface area contributed by atoms with E-state index in [1.165, 1.54) is 37.0 Å². The summed E-state index contributed by atoms with van der Waals surface area (Å²) in [5, 5.41) is 13.5. The van der Waals surface area contributed by atoms with Crippen molar-refractivity contribution < 1.29 is 9.90 Å². The number of amides is 1. The summed E-state index contributed by atoms with van der Waals surface area (Å²) in [7, 11) is 0. The molecular weight excluding hydrogens is 258 g/mol. The van der Waals surface area contributed by atoms with E-state index in [9.17, 15) is 4.79 Å². The van der Waals surface area contributed by atoms with Crippen LogP contribution in [0.5, 0.6) is 0 Å². The molecule has 1 heterocycles. The third-order valence-corrected chi connectivity index (χ3v) is 4.46. The SMILES string of the molecule is CC(NC(=O)c1csc(C#CCO)c1)C1CCCC1. The molecule has 0 radical (unpaired) electrons. The zero-order chi connectivity index (χ0) is 13.7. The van der Waals surface area contributed by atoms with Crippen molar-refractivity contribution in [1.29, 1.82) is 0 Å². The zero-order valence-electron chi connectivity index (χ0n) is 11.1. The minimum absolute atomic E-state index is 0.0206. The van der Waals surface area contributed by atoms with Crippen LogP contribution in [-0.2, 0) is 0 Å². The minimum Gasteiger partial charge on any atom is -0.384 e. The molecule has 0 saturated heterocycles. The van der Waals surface area contributed by atoms with Gasteiger partial charge in [0, 0.05) is 11.4 Å². The van der Waals surface area contributed by atoms with E-state index in [1.54, 1.807) is 6.07 Å². The van der Waals surface area contributed by atoms with Gasteiger partial charge < -0.3 is 10.4 Å². The summed E-state index contributed by atoms with van der Waals surface area (Å²) in [6, 6.07) is 2.02. The molecule has 1 aromatic heterocycles. The number of carbonyl (C=O) groups excluding carboxylic acids is 1. The second-order valence-corrected chi connectivity index (χ2v) is 5.88. The average molecular weight is 277 g/mol. The highest BCUT2D eigenvalue weighted by molar-refractivity contribution is 7.10. The summed E-state index contributed by atoms with van der Waals surface area (Å²) in [6.45, 7) is 1.94. The fourth-order valence-corrected chi connectivity index (χ4v) is 3.27. The number of aliphatic hydroxyl groups is 1. The summed E-state index contributed by atoms with van der Waals surface area (Å²) in [6.07, 6.45) is 5.01. The van der Waals surface area contributed by atoms with Crippen LogP contribution < -0.4 is 5.32 Å². The molecule has 0 spiro atoms. The van der Waals surface area contributed by atoms with Gasteiger partial charge in [-0.2, -0.15) is 0 Å². The zero-order valence-corrected chi connectivity index (χ0v) is 11.9. The van der Waals surface area contributed by atoms with E-state index >= 15 is 0 Å². The Morgan fingerprint density at radius 3 is 3.00 bits per heavy atom. The van der Waals surface area contributed by atoms with Gasteiger partial charge in [0.25, 0.3) is 5.91 Å². The smallest absolute Gasteiger partial charge is 0.252 e. The maximum absolute atomic E-state index is 12.1. The Morgan fingerprint density at radius 1 is 1.58 bits per heavy atom. The van der Waals surface area contributed by atoms with Crippen molar-refractivity contribution in [3.05, 3.63) is 21.9 Å². The Kier molecular flexibility index (Phi) is 5.00. The van der Waals surface area contributed by atoms with Crippen molar-refractivity contribution in [2.45, 2.75) is 38.6 Å². The molecule has 0 aliphatic heterocycles. The second kappa shape index (κ2) is 6.74. The van der Waals surface area contributed by atoms with Crippen molar-refractivity contribution in [2.24, 2.45) is 5.92 Å². The summed E-state index contributed by atoms with van der Waals surface area (Å²) in [5.74, 6) is 6.00. The van der Waals surface area contributed by atoms with E-state index in [1.807, 2.05) is 5.38 Å². The van der Waals surface area contributed by atoms with E-state index < -0.39 is 0 Å². The van der Waals surface area contributed by atoms with Gasteiger partial charge in [0.2, 0.25) is 0 Å². The van der Waals surface area contributed by atoms with Crippen LogP contribution in [0.3, 0.4) is 0 Å². The summed E-state index contributed by atoms with van der Waals surface area (Å²) in [5.41, 5.74) is 0.664. The average Bonchev–Trinajstić information content (AvgIpc) is 3.07. The first-order chi connectivity index (χ1) is 9.20. The van der Waals surface area contributed by atoms with Gasteiger partial charge in [-0.3, -0.25) is 4.79 Å². The number of hydrogen-bond acceptors (Lipinski definition) is 3. The molecule has 1 aromatic rings. The van der Waals surface area contributed by atoms with Crippen molar-refractivity contribution in [1.82, 2.24) is 5.32 Å². The van der Waals surface area contributed by atoms with E-state index in [2.05, 4.69) is 24.1 Å². The quantitative estimate of drug-likeness (QED) is 0.834. The maximum atomic E-state index is 12.1. The van der Waals surface area contributed by atoms with Gasteiger partial charge in [0.15, 0.2) is 0 Å². The lowest BCUT2D eigenvalue weighted by molar-refractivity contribution is 0.0927. The third kappa shape index (κ3) is 3.82. The number of nitrogens with one attached hydrogen (secondary N) is 1. The molecule has 1 atom stereocenters. The molecular formula is C15H19NO2S. The van der Waals surface area contributed by atoms with Crippen molar-refractivity contribution in [3.63, 3.8) is 0 Å². The normalized spacial score (nSPS) is 16.7. The van der Waals surface area contributed by atoms with E-state index in [-0.39, 0.29) is 18.6 Å². The van der Waals surface area contributed by atoms with Crippen LogP contribution in [0.2, 0.25) is 0 Å². The van der Waals surface area contributed by atoms with Crippen LogP contribution in [0, 0.1) is 17.8 Å². The van der Waals surface area contributed by atoms with E-state index in [4.69, 9.17) is 5.11 Å². The first-order valence-electron chi connectivity index (χ1n) is 6.70. The lowest BCUT2D eigenvalue weighted by atomic mass is 9.99. The fraction of sp³-hybridized carbons (Fsp3) is 0.533. The summed E-state index contributed by atoms with van der Waals surface area (Å²) < 4.78 is 0. The standard InChI is InChI=1S/C15H19NO2S/c1-11(12-5-2-3-6-12)16-15(18)13-9-14(19-10-13)7-4-8-17/h9-12,17H,2-3,5-6,8H2,1H3,(H,16,18). The van der Waals surface area contributed by atoms with Crippen molar-refractivity contribution in [2.75, 3.05) is 6.61 Å². The summed E-state index contributed by atoms with van der Waals surface area (Å²) >= 11 is 1.43. The minimum atomic E-state index is -0.155. The van der Waals surface area contributed by atoms with Gasteiger partial charge in [-0.25, -0.2) is 0 Å². The Hall–Kier alpha value is -1.31. The molecule has 1 amide bonds. The molecule has 1 aliphatic rings. The van der Waals surface area contributed by atoms with Crippen LogP contribution in [0.4, 0.5) is 0 Å². The van der Waals surface area contributed by atoms with Crippen molar-refractivity contribution in [3.8, 4) is 11.8 Å². The Labute approximate surface area is 118 Å². The first kappa shape index (κ1) is 14.1. The molecule has 0 bridgehead atoms. The van der Waals surface area contributed by atoms with Gasteiger partial charge in [0.1, 0.15) is 6.61 Å². The van der Waals surface area contributed by atoms with E-state index in [0.29, 0.717) is 11.5 Å². The predicted molar refractivity (Wildman–Crippen MR) is 77.2 cm³/mol.